The molecule has 0 bridgehead atoms. The molecule has 3 N–H and O–H groups in total. The molecule has 0 spiro atoms. The number of aryl methyl sites for hydroxylation is 2. The van der Waals surface area contributed by atoms with Crippen LogP contribution in [0, 0.1) is 13.8 Å². The minimum absolute atomic E-state index is 0.117. The summed E-state index contributed by atoms with van der Waals surface area (Å²) in [5, 5.41) is 8.63. The standard InChI is InChI=1S/C15H23NO3/c1-4-19-14-9-10(2)12(8-11(14)3)13(16)6-5-7-15(17)18/h8-9,13H,4-7,16H2,1-3H3,(H,17,18). The fourth-order valence-electron chi connectivity index (χ4n) is 2.15. The first kappa shape index (κ1) is 15.5. The Kier molecular flexibility index (Phi) is 5.83. The number of ether oxygens (including phenoxy) is 1. The zero-order valence-electron chi connectivity index (χ0n) is 11.9. The topological polar surface area (TPSA) is 72.5 Å². The van der Waals surface area contributed by atoms with E-state index in [0.29, 0.717) is 19.4 Å². The van der Waals surface area contributed by atoms with Crippen LogP contribution in [-0.4, -0.2) is 17.7 Å². The Bertz CT molecular complexity index is 443. The molecule has 0 heterocycles. The Hall–Kier alpha value is -1.55. The molecular formula is C15H23NO3. The summed E-state index contributed by atoms with van der Waals surface area (Å²) < 4.78 is 5.55. The number of carboxylic acids is 1. The van der Waals surface area contributed by atoms with E-state index in [1.54, 1.807) is 0 Å². The van der Waals surface area contributed by atoms with E-state index in [2.05, 4.69) is 0 Å². The lowest BCUT2D eigenvalue weighted by molar-refractivity contribution is -0.137. The molecule has 0 aliphatic heterocycles. The third-order valence-electron chi connectivity index (χ3n) is 3.17. The van der Waals surface area contributed by atoms with Crippen molar-refractivity contribution in [2.24, 2.45) is 5.73 Å². The van der Waals surface area contributed by atoms with E-state index in [1.165, 1.54) is 0 Å². The van der Waals surface area contributed by atoms with Crippen LogP contribution in [0.25, 0.3) is 0 Å². The minimum Gasteiger partial charge on any atom is -0.494 e. The molecule has 0 aliphatic rings. The summed E-state index contributed by atoms with van der Waals surface area (Å²) in [4.78, 5) is 10.5. The molecule has 1 aromatic carbocycles. The fourth-order valence-corrected chi connectivity index (χ4v) is 2.15. The van der Waals surface area contributed by atoms with Crippen LogP contribution in [0.5, 0.6) is 5.75 Å². The molecule has 0 amide bonds. The molecule has 1 rings (SSSR count). The molecule has 106 valence electrons. The maximum atomic E-state index is 10.5. The monoisotopic (exact) mass is 265 g/mol. The van der Waals surface area contributed by atoms with Gasteiger partial charge < -0.3 is 15.6 Å². The number of hydrogen-bond donors (Lipinski definition) is 2. The molecule has 4 heteroatoms. The van der Waals surface area contributed by atoms with Gasteiger partial charge >= 0.3 is 5.97 Å². The van der Waals surface area contributed by atoms with Crippen molar-refractivity contribution < 1.29 is 14.6 Å². The Morgan fingerprint density at radius 2 is 2.05 bits per heavy atom. The van der Waals surface area contributed by atoms with E-state index in [9.17, 15) is 4.79 Å². The van der Waals surface area contributed by atoms with Gasteiger partial charge in [-0.15, -0.1) is 0 Å². The second-order valence-corrected chi connectivity index (χ2v) is 4.80. The van der Waals surface area contributed by atoms with Crippen molar-refractivity contribution in [1.29, 1.82) is 0 Å². The summed E-state index contributed by atoms with van der Waals surface area (Å²) in [6, 6.07) is 3.94. The summed E-state index contributed by atoms with van der Waals surface area (Å²) in [7, 11) is 0. The molecule has 1 atom stereocenters. The SMILES string of the molecule is CCOc1cc(C)c(C(N)CCCC(=O)O)cc1C. The van der Waals surface area contributed by atoms with Gasteiger partial charge in [0, 0.05) is 12.5 Å². The van der Waals surface area contributed by atoms with Crippen molar-refractivity contribution >= 4 is 5.97 Å². The normalized spacial score (nSPS) is 12.2. The van der Waals surface area contributed by atoms with E-state index in [-0.39, 0.29) is 12.5 Å². The number of nitrogens with two attached hydrogens (primary N) is 1. The second-order valence-electron chi connectivity index (χ2n) is 4.80. The maximum absolute atomic E-state index is 10.5. The Labute approximate surface area is 114 Å². The lowest BCUT2D eigenvalue weighted by atomic mass is 9.95. The molecule has 1 unspecified atom stereocenters. The zero-order valence-corrected chi connectivity index (χ0v) is 11.9. The number of benzene rings is 1. The van der Waals surface area contributed by atoms with Crippen molar-refractivity contribution in [3.05, 3.63) is 28.8 Å². The average molecular weight is 265 g/mol. The summed E-state index contributed by atoms with van der Waals surface area (Å²) in [6.07, 6.45) is 1.45. The molecule has 0 saturated heterocycles. The summed E-state index contributed by atoms with van der Waals surface area (Å²) >= 11 is 0. The molecule has 19 heavy (non-hydrogen) atoms. The predicted octanol–water partition coefficient (Wildman–Crippen LogP) is 2.96. The van der Waals surface area contributed by atoms with Gasteiger partial charge in [-0.25, -0.2) is 0 Å². The van der Waals surface area contributed by atoms with Gasteiger partial charge in [0.15, 0.2) is 0 Å². The van der Waals surface area contributed by atoms with Gasteiger partial charge in [0.2, 0.25) is 0 Å². The summed E-state index contributed by atoms with van der Waals surface area (Å²) in [6.45, 7) is 6.61. The van der Waals surface area contributed by atoms with E-state index in [4.69, 9.17) is 15.6 Å². The van der Waals surface area contributed by atoms with E-state index in [0.717, 1.165) is 22.4 Å². The largest absolute Gasteiger partial charge is 0.494 e. The van der Waals surface area contributed by atoms with Crippen LogP contribution in [0.4, 0.5) is 0 Å². The number of rotatable bonds is 7. The third-order valence-corrected chi connectivity index (χ3v) is 3.17. The molecular weight excluding hydrogens is 242 g/mol. The number of carboxylic acid groups (broad SMARTS) is 1. The second kappa shape index (κ2) is 7.14. The van der Waals surface area contributed by atoms with Crippen molar-refractivity contribution in [3.8, 4) is 5.75 Å². The van der Waals surface area contributed by atoms with E-state index in [1.807, 2.05) is 32.9 Å². The van der Waals surface area contributed by atoms with Crippen LogP contribution < -0.4 is 10.5 Å². The lowest BCUT2D eigenvalue weighted by Gasteiger charge is -2.17. The van der Waals surface area contributed by atoms with Crippen LogP contribution in [-0.2, 0) is 4.79 Å². The number of carbonyl (C=O) groups is 1. The Morgan fingerprint density at radius 1 is 1.37 bits per heavy atom. The highest BCUT2D eigenvalue weighted by atomic mass is 16.5. The highest BCUT2D eigenvalue weighted by Gasteiger charge is 2.12. The molecule has 0 fully saturated rings. The highest BCUT2D eigenvalue weighted by Crippen LogP contribution is 2.28. The Balaban J connectivity index is 2.77. The molecule has 0 aromatic heterocycles. The highest BCUT2D eigenvalue weighted by molar-refractivity contribution is 5.66. The minimum atomic E-state index is -0.771. The van der Waals surface area contributed by atoms with Gasteiger partial charge in [0.1, 0.15) is 5.75 Å². The van der Waals surface area contributed by atoms with E-state index >= 15 is 0 Å². The lowest BCUT2D eigenvalue weighted by Crippen LogP contribution is -2.13. The average Bonchev–Trinajstić information content (AvgIpc) is 2.33. The number of aliphatic carboxylic acids is 1. The predicted molar refractivity (Wildman–Crippen MR) is 75.5 cm³/mol. The van der Waals surface area contributed by atoms with Gasteiger partial charge in [-0.1, -0.05) is 6.07 Å². The first-order valence-corrected chi connectivity index (χ1v) is 6.67. The zero-order chi connectivity index (χ0) is 14.4. The summed E-state index contributed by atoms with van der Waals surface area (Å²) in [5.41, 5.74) is 9.38. The molecule has 0 saturated carbocycles. The van der Waals surface area contributed by atoms with Gasteiger partial charge in [0.25, 0.3) is 0 Å². The van der Waals surface area contributed by atoms with Crippen molar-refractivity contribution in [3.63, 3.8) is 0 Å². The van der Waals surface area contributed by atoms with E-state index < -0.39 is 5.97 Å². The first-order valence-electron chi connectivity index (χ1n) is 6.67. The molecule has 0 radical (unpaired) electrons. The fraction of sp³-hybridized carbons (Fsp3) is 0.533. The van der Waals surface area contributed by atoms with Gasteiger partial charge in [-0.2, -0.15) is 0 Å². The van der Waals surface area contributed by atoms with Crippen molar-refractivity contribution in [2.75, 3.05) is 6.61 Å². The van der Waals surface area contributed by atoms with Crippen molar-refractivity contribution in [2.45, 2.75) is 46.1 Å². The van der Waals surface area contributed by atoms with Gasteiger partial charge in [-0.05, 0) is 56.4 Å². The number of hydrogen-bond acceptors (Lipinski definition) is 3. The Morgan fingerprint density at radius 3 is 2.63 bits per heavy atom. The smallest absolute Gasteiger partial charge is 0.303 e. The van der Waals surface area contributed by atoms with Crippen LogP contribution in [0.1, 0.15) is 48.9 Å². The van der Waals surface area contributed by atoms with Crippen LogP contribution in [0.15, 0.2) is 12.1 Å². The van der Waals surface area contributed by atoms with Gasteiger partial charge in [-0.3, -0.25) is 4.79 Å². The van der Waals surface area contributed by atoms with Crippen LogP contribution >= 0.6 is 0 Å². The van der Waals surface area contributed by atoms with Crippen LogP contribution in [0.2, 0.25) is 0 Å². The maximum Gasteiger partial charge on any atom is 0.303 e. The van der Waals surface area contributed by atoms with Gasteiger partial charge in [0.05, 0.1) is 6.61 Å². The first-order chi connectivity index (χ1) is 8.95. The quantitative estimate of drug-likeness (QED) is 0.795. The van der Waals surface area contributed by atoms with Crippen LogP contribution in [0.3, 0.4) is 0 Å². The molecule has 1 aromatic rings. The van der Waals surface area contributed by atoms with Crippen molar-refractivity contribution in [1.82, 2.24) is 0 Å². The summed E-state index contributed by atoms with van der Waals surface area (Å²) in [5.74, 6) is 0.119. The molecule has 0 aliphatic carbocycles. The molecule has 4 nitrogen and oxygen atoms in total. The third kappa shape index (κ3) is 4.56.